The van der Waals surface area contributed by atoms with Crippen molar-refractivity contribution in [3.63, 3.8) is 0 Å². The summed E-state index contributed by atoms with van der Waals surface area (Å²) in [5.41, 5.74) is 2.03. The van der Waals surface area contributed by atoms with Crippen LogP contribution in [-0.4, -0.2) is 14.1 Å². The van der Waals surface area contributed by atoms with Gasteiger partial charge in [0, 0.05) is 10.9 Å². The standard InChI is InChI=1S/C21H18NO.ClHO4/c1-22(2)19-14-20(16-9-4-3-5-10-16)23-21-17-11-7-6-8-15(17)12-13-18(19)21;2-1(3,4)5/h3-14H,1-2H3;(H,2,3,4,5)/q+1;/p-1. The SMILES string of the molecule is C[N+](C)=c1cc(-c2ccccc2)oc2c1ccc1ccccc12.[O-][Cl+3]([O-])([O-])[O-]. The van der Waals surface area contributed by atoms with Crippen LogP contribution in [0.25, 0.3) is 33.1 Å². The lowest BCUT2D eigenvalue weighted by atomic mass is 10.1. The van der Waals surface area contributed by atoms with E-state index in [1.54, 1.807) is 0 Å². The maximum Gasteiger partial charge on any atom is 0.214 e. The highest BCUT2D eigenvalue weighted by Gasteiger charge is 2.12. The number of nitrogens with zero attached hydrogens (tertiary/aromatic N) is 1. The summed E-state index contributed by atoms with van der Waals surface area (Å²) in [5, 5.41) is 4.63. The van der Waals surface area contributed by atoms with Gasteiger partial charge < -0.3 is 4.42 Å². The third kappa shape index (κ3) is 4.75. The van der Waals surface area contributed by atoms with Gasteiger partial charge >= 0.3 is 0 Å². The molecule has 0 saturated carbocycles. The second-order valence-electron chi connectivity index (χ2n) is 6.30. The van der Waals surface area contributed by atoms with Gasteiger partial charge in [-0.05, 0) is 11.5 Å². The fraction of sp³-hybridized carbons (Fsp3) is 0.0952. The highest BCUT2D eigenvalue weighted by atomic mass is 35.7. The summed E-state index contributed by atoms with van der Waals surface area (Å²) in [5.74, 6) is 0.887. The number of fused-ring (bicyclic) bond motifs is 3. The molecule has 0 bridgehead atoms. The molecule has 0 amide bonds. The fourth-order valence-electron chi connectivity index (χ4n) is 3.01. The first-order valence-corrected chi connectivity index (χ1v) is 9.60. The average molecular weight is 400 g/mol. The molecule has 7 heteroatoms. The zero-order chi connectivity index (χ0) is 20.3. The predicted octanol–water partition coefficient (Wildman–Crippen LogP) is -0.471. The summed E-state index contributed by atoms with van der Waals surface area (Å²) in [6.07, 6.45) is 0. The van der Waals surface area contributed by atoms with E-state index in [2.05, 4.69) is 73.3 Å². The molecule has 1 aromatic heterocycles. The molecule has 6 nitrogen and oxygen atoms in total. The molecule has 0 aliphatic heterocycles. The largest absolute Gasteiger partial charge is 0.455 e. The second kappa shape index (κ2) is 8.10. The lowest BCUT2D eigenvalue weighted by Gasteiger charge is -2.17. The molecular formula is C21H18ClNO5. The zero-order valence-electron chi connectivity index (χ0n) is 15.3. The first kappa shape index (κ1) is 20.0. The number of benzene rings is 3. The maximum atomic E-state index is 8.49. The van der Waals surface area contributed by atoms with Gasteiger partial charge in [-0.25, -0.2) is 23.2 Å². The molecule has 0 radical (unpaired) electrons. The van der Waals surface area contributed by atoms with Crippen LogP contribution in [0.2, 0.25) is 0 Å². The molecule has 0 aliphatic rings. The van der Waals surface area contributed by atoms with Gasteiger partial charge in [-0.15, -0.1) is 10.2 Å². The third-order valence-corrected chi connectivity index (χ3v) is 4.18. The van der Waals surface area contributed by atoms with Crippen LogP contribution in [0, 0.1) is 10.2 Å². The van der Waals surface area contributed by atoms with Crippen LogP contribution in [0.4, 0.5) is 0 Å². The Labute approximate surface area is 163 Å². The highest BCUT2D eigenvalue weighted by molar-refractivity contribution is 6.04. The van der Waals surface area contributed by atoms with Crippen LogP contribution < -0.4 is 28.6 Å². The van der Waals surface area contributed by atoms with Crippen molar-refractivity contribution >= 4 is 21.7 Å². The number of rotatable bonds is 1. The van der Waals surface area contributed by atoms with E-state index in [-0.39, 0.29) is 0 Å². The zero-order valence-corrected chi connectivity index (χ0v) is 16.1. The van der Waals surface area contributed by atoms with E-state index in [1.807, 2.05) is 18.2 Å². The maximum absolute atomic E-state index is 8.49. The van der Waals surface area contributed by atoms with E-state index in [4.69, 9.17) is 23.1 Å². The number of hydrogen-bond donors (Lipinski definition) is 0. The summed E-state index contributed by atoms with van der Waals surface area (Å²) in [7, 11) is -0.808. The van der Waals surface area contributed by atoms with Gasteiger partial charge in [-0.2, -0.15) is 0 Å². The van der Waals surface area contributed by atoms with E-state index >= 15 is 0 Å². The highest BCUT2D eigenvalue weighted by Crippen LogP contribution is 2.27. The molecule has 0 N–H and O–H groups in total. The molecule has 0 saturated heterocycles. The molecule has 0 unspecified atom stereocenters. The van der Waals surface area contributed by atoms with E-state index < -0.39 is 10.2 Å². The van der Waals surface area contributed by atoms with E-state index in [0.717, 1.165) is 33.0 Å². The Hall–Kier alpha value is -2.74. The summed E-state index contributed by atoms with van der Waals surface area (Å²) in [6, 6.07) is 25.0. The first-order valence-electron chi connectivity index (χ1n) is 8.37. The van der Waals surface area contributed by atoms with Crippen LogP contribution in [-0.2, 0) is 0 Å². The molecule has 0 spiro atoms. The minimum atomic E-state index is -4.94. The lowest BCUT2D eigenvalue weighted by Crippen LogP contribution is -2.68. The molecule has 3 aromatic carbocycles. The molecule has 0 atom stereocenters. The Kier molecular flexibility index (Phi) is 5.79. The summed E-state index contributed by atoms with van der Waals surface area (Å²) >= 11 is 0. The molecule has 4 aromatic rings. The van der Waals surface area contributed by atoms with Gasteiger partial charge in [0.1, 0.15) is 25.4 Å². The quantitative estimate of drug-likeness (QED) is 0.317. The van der Waals surface area contributed by atoms with Gasteiger partial charge in [0.2, 0.25) is 5.36 Å². The van der Waals surface area contributed by atoms with E-state index in [1.165, 1.54) is 5.39 Å². The monoisotopic (exact) mass is 399 g/mol. The topological polar surface area (TPSA) is 108 Å². The van der Waals surface area contributed by atoms with Gasteiger partial charge in [0.25, 0.3) is 0 Å². The van der Waals surface area contributed by atoms with Crippen molar-refractivity contribution in [2.24, 2.45) is 0 Å². The van der Waals surface area contributed by atoms with Crippen LogP contribution in [0.5, 0.6) is 0 Å². The van der Waals surface area contributed by atoms with Crippen LogP contribution >= 0.6 is 0 Å². The Bertz CT molecular complexity index is 1170. The molecular weight excluding hydrogens is 382 g/mol. The Morgan fingerprint density at radius 3 is 2.00 bits per heavy atom. The van der Waals surface area contributed by atoms with Crippen molar-refractivity contribution in [2.75, 3.05) is 14.1 Å². The molecule has 4 rings (SSSR count). The predicted molar refractivity (Wildman–Crippen MR) is 96.3 cm³/mol. The van der Waals surface area contributed by atoms with Crippen LogP contribution in [0.15, 0.2) is 77.2 Å². The minimum absolute atomic E-state index is 0.887. The molecule has 144 valence electrons. The van der Waals surface area contributed by atoms with Crippen molar-refractivity contribution in [3.8, 4) is 11.3 Å². The van der Waals surface area contributed by atoms with Crippen molar-refractivity contribution < 1.29 is 33.3 Å². The second-order valence-corrected chi connectivity index (χ2v) is 7.05. The summed E-state index contributed by atoms with van der Waals surface area (Å²) in [4.78, 5) is 0. The third-order valence-electron chi connectivity index (χ3n) is 4.18. The Morgan fingerprint density at radius 2 is 1.36 bits per heavy atom. The van der Waals surface area contributed by atoms with E-state index in [0.29, 0.717) is 0 Å². The van der Waals surface area contributed by atoms with Gasteiger partial charge in [0.05, 0.1) is 11.5 Å². The molecule has 28 heavy (non-hydrogen) atoms. The van der Waals surface area contributed by atoms with Crippen LogP contribution in [0.1, 0.15) is 0 Å². The molecule has 0 fully saturated rings. The Morgan fingerprint density at radius 1 is 0.750 bits per heavy atom. The normalized spacial score (nSPS) is 11.2. The van der Waals surface area contributed by atoms with E-state index in [9.17, 15) is 0 Å². The van der Waals surface area contributed by atoms with Gasteiger partial charge in [-0.1, -0.05) is 60.7 Å². The summed E-state index contributed by atoms with van der Waals surface area (Å²) in [6.45, 7) is 0. The minimum Gasteiger partial charge on any atom is -0.455 e. The molecule has 0 aliphatic carbocycles. The van der Waals surface area contributed by atoms with Crippen molar-refractivity contribution in [2.45, 2.75) is 0 Å². The average Bonchev–Trinajstić information content (AvgIpc) is 2.66. The fourth-order valence-corrected chi connectivity index (χ4v) is 3.01. The van der Waals surface area contributed by atoms with Gasteiger partial charge in [-0.3, -0.25) is 0 Å². The van der Waals surface area contributed by atoms with Gasteiger partial charge in [0.15, 0.2) is 0 Å². The van der Waals surface area contributed by atoms with Crippen LogP contribution in [0.3, 0.4) is 0 Å². The Balaban J connectivity index is 0.000000403. The number of halogens is 1. The van der Waals surface area contributed by atoms with Crippen molar-refractivity contribution in [1.82, 2.24) is 4.58 Å². The molecule has 1 heterocycles. The summed E-state index contributed by atoms with van der Waals surface area (Å²) < 4.78 is 42.4. The number of hydrogen-bond acceptors (Lipinski definition) is 5. The smallest absolute Gasteiger partial charge is 0.214 e. The van der Waals surface area contributed by atoms with Crippen molar-refractivity contribution in [1.29, 1.82) is 0 Å². The van der Waals surface area contributed by atoms with Crippen molar-refractivity contribution in [3.05, 3.63) is 78.2 Å². The lowest BCUT2D eigenvalue weighted by molar-refractivity contribution is -2.00. The first-order chi connectivity index (χ1) is 13.2.